The van der Waals surface area contributed by atoms with Gasteiger partial charge in [-0.05, 0) is 55.7 Å². The molecule has 0 aliphatic heterocycles. The first kappa shape index (κ1) is 14.0. The third-order valence-electron chi connectivity index (χ3n) is 3.95. The van der Waals surface area contributed by atoms with Gasteiger partial charge in [-0.25, -0.2) is 0 Å². The number of benzene rings is 1. The zero-order valence-corrected chi connectivity index (χ0v) is 12.6. The second kappa shape index (κ2) is 6.16. The maximum absolute atomic E-state index is 6.01. The monoisotopic (exact) mass is 285 g/mol. The van der Waals surface area contributed by atoms with Gasteiger partial charge in [0.2, 0.25) is 0 Å². The quantitative estimate of drug-likeness (QED) is 0.760. The molecule has 0 radical (unpaired) electrons. The summed E-state index contributed by atoms with van der Waals surface area (Å²) >= 11 is 12.0. The molecular weight excluding hydrogens is 265 g/mol. The van der Waals surface area contributed by atoms with E-state index in [1.54, 1.807) is 6.07 Å². The molecule has 18 heavy (non-hydrogen) atoms. The molecule has 0 saturated heterocycles. The molecule has 0 heterocycles. The first-order valence-electron chi connectivity index (χ1n) is 6.77. The van der Waals surface area contributed by atoms with Crippen LogP contribution in [0.5, 0.6) is 0 Å². The lowest BCUT2D eigenvalue weighted by Gasteiger charge is -2.31. The van der Waals surface area contributed by atoms with E-state index in [0.29, 0.717) is 16.1 Å². The van der Waals surface area contributed by atoms with E-state index >= 15 is 0 Å². The molecule has 1 N–H and O–H groups in total. The van der Waals surface area contributed by atoms with Gasteiger partial charge in [-0.15, -0.1) is 0 Å². The Morgan fingerprint density at radius 2 is 1.56 bits per heavy atom. The topological polar surface area (TPSA) is 12.0 Å². The fraction of sp³-hybridized carbons (Fsp3) is 0.600. The van der Waals surface area contributed by atoms with Crippen LogP contribution in [0.4, 0.5) is 5.69 Å². The van der Waals surface area contributed by atoms with E-state index < -0.39 is 0 Å². The third-order valence-corrected chi connectivity index (χ3v) is 4.38. The van der Waals surface area contributed by atoms with Crippen LogP contribution in [0.25, 0.3) is 0 Å². The minimum atomic E-state index is 0.564. The highest BCUT2D eigenvalue weighted by Gasteiger charge is 2.23. The SMILES string of the molecule is CC(C)C1CCC(Nc2cc(Cl)cc(Cl)c2)CC1. The molecule has 0 aromatic heterocycles. The Labute approximate surface area is 120 Å². The average Bonchev–Trinajstić information content (AvgIpc) is 2.28. The van der Waals surface area contributed by atoms with Gasteiger partial charge in [0, 0.05) is 21.8 Å². The first-order chi connectivity index (χ1) is 8.54. The van der Waals surface area contributed by atoms with Crippen molar-refractivity contribution in [2.24, 2.45) is 11.8 Å². The summed E-state index contributed by atoms with van der Waals surface area (Å²) in [6.07, 6.45) is 5.13. The van der Waals surface area contributed by atoms with Crippen LogP contribution in [0.2, 0.25) is 10.0 Å². The lowest BCUT2D eigenvalue weighted by Crippen LogP contribution is -2.27. The van der Waals surface area contributed by atoms with E-state index in [4.69, 9.17) is 23.2 Å². The van der Waals surface area contributed by atoms with Gasteiger partial charge in [-0.1, -0.05) is 37.0 Å². The standard InChI is InChI=1S/C15H21Cl2N/c1-10(2)11-3-5-14(6-4-11)18-15-8-12(16)7-13(17)9-15/h7-11,14,18H,3-6H2,1-2H3. The van der Waals surface area contributed by atoms with Gasteiger partial charge in [-0.2, -0.15) is 0 Å². The van der Waals surface area contributed by atoms with Gasteiger partial charge in [-0.3, -0.25) is 0 Å². The number of rotatable bonds is 3. The minimum absolute atomic E-state index is 0.564. The van der Waals surface area contributed by atoms with Crippen molar-refractivity contribution in [2.75, 3.05) is 5.32 Å². The van der Waals surface area contributed by atoms with Crippen LogP contribution in [0.1, 0.15) is 39.5 Å². The molecule has 1 fully saturated rings. The van der Waals surface area contributed by atoms with Crippen molar-refractivity contribution >= 4 is 28.9 Å². The summed E-state index contributed by atoms with van der Waals surface area (Å²) < 4.78 is 0. The van der Waals surface area contributed by atoms with E-state index in [2.05, 4.69) is 19.2 Å². The highest BCUT2D eigenvalue weighted by Crippen LogP contribution is 2.32. The van der Waals surface area contributed by atoms with Crippen LogP contribution in [0, 0.1) is 11.8 Å². The Morgan fingerprint density at radius 1 is 1.00 bits per heavy atom. The largest absolute Gasteiger partial charge is 0.382 e. The number of hydrogen-bond donors (Lipinski definition) is 1. The second-order valence-corrected chi connectivity index (χ2v) is 6.53. The van der Waals surface area contributed by atoms with E-state index in [1.807, 2.05) is 12.1 Å². The number of hydrogen-bond acceptors (Lipinski definition) is 1. The molecule has 0 bridgehead atoms. The van der Waals surface area contributed by atoms with Crippen molar-refractivity contribution in [3.8, 4) is 0 Å². The maximum Gasteiger partial charge on any atom is 0.0441 e. The fourth-order valence-corrected chi connectivity index (χ4v) is 3.33. The average molecular weight is 286 g/mol. The normalized spacial score (nSPS) is 24.3. The molecule has 2 rings (SSSR count). The molecule has 3 heteroatoms. The first-order valence-corrected chi connectivity index (χ1v) is 7.53. The number of anilines is 1. The van der Waals surface area contributed by atoms with Crippen molar-refractivity contribution in [1.29, 1.82) is 0 Å². The zero-order chi connectivity index (χ0) is 13.1. The van der Waals surface area contributed by atoms with Crippen molar-refractivity contribution in [2.45, 2.75) is 45.6 Å². The molecule has 1 nitrogen and oxygen atoms in total. The van der Waals surface area contributed by atoms with Crippen LogP contribution in [-0.2, 0) is 0 Å². The molecule has 0 amide bonds. The Balaban J connectivity index is 1.91. The molecule has 1 aliphatic carbocycles. The summed E-state index contributed by atoms with van der Waals surface area (Å²) in [5.41, 5.74) is 1.04. The summed E-state index contributed by atoms with van der Waals surface area (Å²) in [5.74, 6) is 1.71. The van der Waals surface area contributed by atoms with Crippen LogP contribution in [-0.4, -0.2) is 6.04 Å². The summed E-state index contributed by atoms with van der Waals surface area (Å²) in [7, 11) is 0. The summed E-state index contributed by atoms with van der Waals surface area (Å²) in [5, 5.41) is 4.94. The van der Waals surface area contributed by atoms with Crippen LogP contribution in [0.15, 0.2) is 18.2 Å². The van der Waals surface area contributed by atoms with Crippen LogP contribution in [0.3, 0.4) is 0 Å². The summed E-state index contributed by atoms with van der Waals surface area (Å²) in [6.45, 7) is 4.66. The van der Waals surface area contributed by atoms with Crippen molar-refractivity contribution in [3.63, 3.8) is 0 Å². The van der Waals surface area contributed by atoms with Gasteiger partial charge < -0.3 is 5.32 Å². The zero-order valence-electron chi connectivity index (χ0n) is 11.0. The lowest BCUT2D eigenvalue weighted by atomic mass is 9.79. The van der Waals surface area contributed by atoms with Crippen molar-refractivity contribution in [3.05, 3.63) is 28.2 Å². The van der Waals surface area contributed by atoms with Crippen LogP contribution < -0.4 is 5.32 Å². The third kappa shape index (κ3) is 3.80. The smallest absolute Gasteiger partial charge is 0.0441 e. The van der Waals surface area contributed by atoms with Gasteiger partial charge in [0.15, 0.2) is 0 Å². The van der Waals surface area contributed by atoms with E-state index in [0.717, 1.165) is 17.5 Å². The molecule has 1 saturated carbocycles. The maximum atomic E-state index is 6.01. The summed E-state index contributed by atoms with van der Waals surface area (Å²) in [4.78, 5) is 0. The Kier molecular flexibility index (Phi) is 4.80. The predicted molar refractivity (Wildman–Crippen MR) is 80.7 cm³/mol. The van der Waals surface area contributed by atoms with E-state index in [-0.39, 0.29) is 0 Å². The number of nitrogens with one attached hydrogen (secondary N) is 1. The Hall–Kier alpha value is -0.400. The molecule has 0 atom stereocenters. The highest BCUT2D eigenvalue weighted by molar-refractivity contribution is 6.35. The highest BCUT2D eigenvalue weighted by atomic mass is 35.5. The summed E-state index contributed by atoms with van der Waals surface area (Å²) in [6, 6.07) is 6.22. The molecular formula is C15H21Cl2N. The van der Waals surface area contributed by atoms with Gasteiger partial charge in [0.05, 0.1) is 0 Å². The molecule has 1 aliphatic rings. The molecule has 1 aromatic rings. The van der Waals surface area contributed by atoms with Gasteiger partial charge in [0.1, 0.15) is 0 Å². The predicted octanol–water partition coefficient (Wildman–Crippen LogP) is 5.62. The molecule has 100 valence electrons. The molecule has 0 spiro atoms. The van der Waals surface area contributed by atoms with Crippen LogP contribution >= 0.6 is 23.2 Å². The molecule has 1 aromatic carbocycles. The Bertz CT molecular complexity index is 375. The van der Waals surface area contributed by atoms with Crippen molar-refractivity contribution < 1.29 is 0 Å². The Morgan fingerprint density at radius 3 is 2.06 bits per heavy atom. The lowest BCUT2D eigenvalue weighted by molar-refractivity contribution is 0.267. The van der Waals surface area contributed by atoms with Crippen molar-refractivity contribution in [1.82, 2.24) is 0 Å². The van der Waals surface area contributed by atoms with Gasteiger partial charge in [0.25, 0.3) is 0 Å². The minimum Gasteiger partial charge on any atom is -0.382 e. The van der Waals surface area contributed by atoms with E-state index in [9.17, 15) is 0 Å². The second-order valence-electron chi connectivity index (χ2n) is 5.66. The van der Waals surface area contributed by atoms with E-state index in [1.165, 1.54) is 25.7 Å². The van der Waals surface area contributed by atoms with Gasteiger partial charge >= 0.3 is 0 Å². The number of halogens is 2. The fourth-order valence-electron chi connectivity index (χ4n) is 2.80. The molecule has 0 unspecified atom stereocenters.